The zero-order chi connectivity index (χ0) is 7.40. The van der Waals surface area contributed by atoms with Crippen LogP contribution in [0.1, 0.15) is 5.69 Å². The zero-order valence-corrected chi connectivity index (χ0v) is 5.85. The number of rotatable bonds is 2. The van der Waals surface area contributed by atoms with E-state index in [1.165, 1.54) is 13.3 Å². The maximum absolute atomic E-state index is 4.45. The second kappa shape index (κ2) is 2.95. The van der Waals surface area contributed by atoms with E-state index in [9.17, 15) is 0 Å². The van der Waals surface area contributed by atoms with Gasteiger partial charge in [-0.25, -0.2) is 0 Å². The Balaban J connectivity index is 2.67. The van der Waals surface area contributed by atoms with E-state index in [4.69, 9.17) is 0 Å². The minimum absolute atomic E-state index is 0.685. The van der Waals surface area contributed by atoms with Crippen molar-refractivity contribution in [3.05, 3.63) is 11.9 Å². The van der Waals surface area contributed by atoms with Gasteiger partial charge in [0.2, 0.25) is 0 Å². The third-order valence-electron chi connectivity index (χ3n) is 0.911. The van der Waals surface area contributed by atoms with Crippen LogP contribution >= 0.6 is 0 Å². The number of hydrogen-bond donors (Lipinski definition) is 0. The SMILES string of the molecule is CO/N=C/c1cn(C)nn1. The summed E-state index contributed by atoms with van der Waals surface area (Å²) in [5.41, 5.74) is 0.685. The van der Waals surface area contributed by atoms with Crippen molar-refractivity contribution < 1.29 is 4.84 Å². The standard InChI is InChI=1S/C5H8N4O/c1-9-4-5(7-8-9)3-6-10-2/h3-4H,1-2H3/b6-3+. The average molecular weight is 140 g/mol. The summed E-state index contributed by atoms with van der Waals surface area (Å²) in [5, 5.41) is 10.9. The molecule has 0 saturated heterocycles. The highest BCUT2D eigenvalue weighted by molar-refractivity contribution is 5.75. The molecule has 0 aliphatic carbocycles. The fraction of sp³-hybridized carbons (Fsp3) is 0.400. The van der Waals surface area contributed by atoms with Crippen molar-refractivity contribution in [3.8, 4) is 0 Å². The van der Waals surface area contributed by atoms with Crippen LogP contribution < -0.4 is 0 Å². The summed E-state index contributed by atoms with van der Waals surface area (Å²) in [5.74, 6) is 0. The summed E-state index contributed by atoms with van der Waals surface area (Å²) in [6.45, 7) is 0. The van der Waals surface area contributed by atoms with Crippen LogP contribution in [-0.4, -0.2) is 28.3 Å². The topological polar surface area (TPSA) is 52.3 Å². The third-order valence-corrected chi connectivity index (χ3v) is 0.911. The number of nitrogens with zero attached hydrogens (tertiary/aromatic N) is 4. The van der Waals surface area contributed by atoms with Gasteiger partial charge in [-0.3, -0.25) is 4.68 Å². The molecule has 0 radical (unpaired) electrons. The summed E-state index contributed by atoms with van der Waals surface area (Å²) in [7, 11) is 3.27. The van der Waals surface area contributed by atoms with Crippen LogP contribution in [-0.2, 0) is 11.9 Å². The molecule has 0 atom stereocenters. The first-order chi connectivity index (χ1) is 4.83. The Bertz CT molecular complexity index is 229. The molecular weight excluding hydrogens is 132 g/mol. The van der Waals surface area contributed by atoms with Gasteiger partial charge in [-0.2, -0.15) is 0 Å². The molecule has 0 fully saturated rings. The molecule has 1 aromatic rings. The van der Waals surface area contributed by atoms with Gasteiger partial charge in [0.25, 0.3) is 0 Å². The average Bonchev–Trinajstić information content (AvgIpc) is 2.31. The molecule has 0 bridgehead atoms. The van der Waals surface area contributed by atoms with Crippen LogP contribution in [0.3, 0.4) is 0 Å². The first-order valence-electron chi connectivity index (χ1n) is 2.76. The summed E-state index contributed by atoms with van der Waals surface area (Å²) < 4.78 is 1.59. The molecule has 1 heterocycles. The van der Waals surface area contributed by atoms with E-state index in [1.807, 2.05) is 0 Å². The van der Waals surface area contributed by atoms with Crippen LogP contribution in [0, 0.1) is 0 Å². The second-order valence-electron chi connectivity index (χ2n) is 1.73. The summed E-state index contributed by atoms with van der Waals surface area (Å²) in [6.07, 6.45) is 3.23. The number of oxime groups is 1. The molecule has 1 aromatic heterocycles. The molecule has 0 N–H and O–H groups in total. The zero-order valence-electron chi connectivity index (χ0n) is 5.85. The minimum Gasteiger partial charge on any atom is -0.399 e. The first kappa shape index (κ1) is 6.73. The molecular formula is C5H8N4O. The lowest BCUT2D eigenvalue weighted by Gasteiger charge is -1.80. The molecule has 5 nitrogen and oxygen atoms in total. The Morgan fingerprint density at radius 3 is 3.10 bits per heavy atom. The van der Waals surface area contributed by atoms with Crippen molar-refractivity contribution in [2.75, 3.05) is 7.11 Å². The van der Waals surface area contributed by atoms with Crippen molar-refractivity contribution in [3.63, 3.8) is 0 Å². The molecule has 5 heteroatoms. The van der Waals surface area contributed by atoms with E-state index >= 15 is 0 Å². The normalized spacial score (nSPS) is 10.6. The lowest BCUT2D eigenvalue weighted by atomic mass is 10.5. The molecule has 0 aromatic carbocycles. The van der Waals surface area contributed by atoms with Gasteiger partial charge in [-0.05, 0) is 0 Å². The van der Waals surface area contributed by atoms with Crippen molar-refractivity contribution in [2.45, 2.75) is 0 Å². The van der Waals surface area contributed by atoms with E-state index in [-0.39, 0.29) is 0 Å². The van der Waals surface area contributed by atoms with Crippen molar-refractivity contribution in [1.82, 2.24) is 15.0 Å². The Kier molecular flexibility index (Phi) is 1.99. The van der Waals surface area contributed by atoms with E-state index in [1.54, 1.807) is 17.9 Å². The second-order valence-corrected chi connectivity index (χ2v) is 1.73. The minimum atomic E-state index is 0.685. The largest absolute Gasteiger partial charge is 0.399 e. The van der Waals surface area contributed by atoms with Gasteiger partial charge in [0.05, 0.1) is 12.4 Å². The highest BCUT2D eigenvalue weighted by atomic mass is 16.6. The van der Waals surface area contributed by atoms with Crippen molar-refractivity contribution in [1.29, 1.82) is 0 Å². The van der Waals surface area contributed by atoms with Crippen molar-refractivity contribution >= 4 is 6.21 Å². The highest BCUT2D eigenvalue weighted by Crippen LogP contribution is 1.84. The number of aryl methyl sites for hydroxylation is 1. The quantitative estimate of drug-likeness (QED) is 0.422. The Morgan fingerprint density at radius 1 is 1.80 bits per heavy atom. The summed E-state index contributed by atoms with van der Waals surface area (Å²) in [4.78, 5) is 4.45. The summed E-state index contributed by atoms with van der Waals surface area (Å²) in [6, 6.07) is 0. The van der Waals surface area contributed by atoms with Gasteiger partial charge in [-0.15, -0.1) is 5.10 Å². The smallest absolute Gasteiger partial charge is 0.127 e. The lowest BCUT2D eigenvalue weighted by molar-refractivity contribution is 0.215. The molecule has 1 rings (SSSR count). The molecule has 0 amide bonds. The molecule has 0 saturated carbocycles. The monoisotopic (exact) mass is 140 g/mol. The third kappa shape index (κ3) is 1.54. The molecule has 10 heavy (non-hydrogen) atoms. The molecule has 0 spiro atoms. The van der Waals surface area contributed by atoms with Gasteiger partial charge in [0, 0.05) is 7.05 Å². The highest BCUT2D eigenvalue weighted by Gasteiger charge is 1.90. The summed E-state index contributed by atoms with van der Waals surface area (Å²) >= 11 is 0. The van der Waals surface area contributed by atoms with E-state index in [0.29, 0.717) is 5.69 Å². The lowest BCUT2D eigenvalue weighted by Crippen LogP contribution is -1.85. The fourth-order valence-electron chi connectivity index (χ4n) is 0.531. The van der Waals surface area contributed by atoms with Gasteiger partial charge in [-0.1, -0.05) is 10.4 Å². The van der Waals surface area contributed by atoms with E-state index in [2.05, 4.69) is 20.3 Å². The maximum Gasteiger partial charge on any atom is 0.127 e. The van der Waals surface area contributed by atoms with Gasteiger partial charge in [0.1, 0.15) is 12.8 Å². The van der Waals surface area contributed by atoms with E-state index in [0.717, 1.165) is 0 Å². The first-order valence-corrected chi connectivity index (χ1v) is 2.76. The molecule has 0 aliphatic heterocycles. The van der Waals surface area contributed by atoms with Crippen molar-refractivity contribution in [2.24, 2.45) is 12.2 Å². The number of aromatic nitrogens is 3. The maximum atomic E-state index is 4.45. The van der Waals surface area contributed by atoms with Crippen LogP contribution in [0.2, 0.25) is 0 Å². The predicted molar refractivity (Wildman–Crippen MR) is 35.6 cm³/mol. The fourth-order valence-corrected chi connectivity index (χ4v) is 0.531. The Morgan fingerprint density at radius 2 is 2.60 bits per heavy atom. The Labute approximate surface area is 58.3 Å². The molecule has 0 unspecified atom stereocenters. The van der Waals surface area contributed by atoms with Gasteiger partial charge < -0.3 is 4.84 Å². The Hall–Kier alpha value is -1.39. The van der Waals surface area contributed by atoms with Crippen LogP contribution in [0.25, 0.3) is 0 Å². The van der Waals surface area contributed by atoms with Crippen LogP contribution in [0.15, 0.2) is 11.4 Å². The van der Waals surface area contributed by atoms with Crippen LogP contribution in [0.5, 0.6) is 0 Å². The van der Waals surface area contributed by atoms with Crippen LogP contribution in [0.4, 0.5) is 0 Å². The predicted octanol–water partition coefficient (Wildman–Crippen LogP) is -0.205. The van der Waals surface area contributed by atoms with Gasteiger partial charge >= 0.3 is 0 Å². The van der Waals surface area contributed by atoms with E-state index < -0.39 is 0 Å². The van der Waals surface area contributed by atoms with Gasteiger partial charge in [0.15, 0.2) is 0 Å². The number of hydrogen-bond acceptors (Lipinski definition) is 4. The molecule has 0 aliphatic rings. The molecule has 54 valence electrons.